The van der Waals surface area contributed by atoms with Gasteiger partial charge in [0.15, 0.2) is 0 Å². The van der Waals surface area contributed by atoms with Crippen LogP contribution in [0, 0.1) is 5.92 Å². The molecule has 0 saturated carbocycles. The van der Waals surface area contributed by atoms with Crippen molar-refractivity contribution < 1.29 is 32.3 Å². The molecule has 3 rings (SSSR count). The number of imide groups is 1. The first-order chi connectivity index (χ1) is 13.2. The van der Waals surface area contributed by atoms with Gasteiger partial charge >= 0.3 is 12.1 Å². The van der Waals surface area contributed by atoms with E-state index in [1.807, 2.05) is 0 Å². The van der Waals surface area contributed by atoms with Crippen molar-refractivity contribution in [3.05, 3.63) is 29.8 Å². The molecule has 2 atom stereocenters. The molecule has 1 aromatic carbocycles. The van der Waals surface area contributed by atoms with Crippen LogP contribution < -0.4 is 4.90 Å². The highest BCUT2D eigenvalue weighted by molar-refractivity contribution is 6.22. The minimum absolute atomic E-state index is 0.208. The molecule has 1 aromatic rings. The van der Waals surface area contributed by atoms with Gasteiger partial charge in [-0.25, -0.2) is 4.90 Å². The molecule has 2 aliphatic heterocycles. The highest BCUT2D eigenvalue weighted by Gasteiger charge is 2.47. The van der Waals surface area contributed by atoms with Gasteiger partial charge in [-0.15, -0.1) is 0 Å². The maximum absolute atomic E-state index is 13.3. The molecule has 0 aliphatic carbocycles. The van der Waals surface area contributed by atoms with E-state index in [4.69, 9.17) is 4.74 Å². The largest absolute Gasteiger partial charge is 0.466 e. The second-order valence-electron chi connectivity index (χ2n) is 6.89. The number of halogens is 3. The normalized spacial score (nSPS) is 23.9. The van der Waals surface area contributed by atoms with Crippen LogP contribution in [-0.2, 0) is 25.3 Å². The quantitative estimate of drug-likeness (QED) is 0.576. The summed E-state index contributed by atoms with van der Waals surface area (Å²) < 4.78 is 45.0. The molecule has 6 nitrogen and oxygen atoms in total. The molecular weight excluding hydrogens is 377 g/mol. The van der Waals surface area contributed by atoms with E-state index in [1.54, 1.807) is 11.8 Å². The number of rotatable bonds is 4. The Kier molecular flexibility index (Phi) is 5.74. The first kappa shape index (κ1) is 20.3. The number of ether oxygens (including phenoxy) is 1. The van der Waals surface area contributed by atoms with Crippen LogP contribution in [0.3, 0.4) is 0 Å². The lowest BCUT2D eigenvalue weighted by atomic mass is 9.96. The second-order valence-corrected chi connectivity index (χ2v) is 6.89. The smallest absolute Gasteiger partial charge is 0.418 e. The number of benzene rings is 1. The van der Waals surface area contributed by atoms with Crippen molar-refractivity contribution in [1.29, 1.82) is 0 Å². The third-order valence-electron chi connectivity index (χ3n) is 5.09. The van der Waals surface area contributed by atoms with Crippen LogP contribution >= 0.6 is 0 Å². The molecule has 2 heterocycles. The second kappa shape index (κ2) is 7.90. The number of esters is 1. The summed E-state index contributed by atoms with van der Waals surface area (Å²) in [6.07, 6.45) is -3.64. The van der Waals surface area contributed by atoms with Crippen LogP contribution in [0.1, 0.15) is 31.7 Å². The predicted molar refractivity (Wildman–Crippen MR) is 93.3 cm³/mol. The molecule has 2 fully saturated rings. The van der Waals surface area contributed by atoms with Gasteiger partial charge in [-0.1, -0.05) is 12.1 Å². The van der Waals surface area contributed by atoms with Crippen LogP contribution in [0.15, 0.2) is 24.3 Å². The lowest BCUT2D eigenvalue weighted by Crippen LogP contribution is -2.48. The Hall–Kier alpha value is -2.42. The van der Waals surface area contributed by atoms with Crippen LogP contribution in [0.25, 0.3) is 0 Å². The summed E-state index contributed by atoms with van der Waals surface area (Å²) in [7, 11) is 0. The van der Waals surface area contributed by atoms with Crippen molar-refractivity contribution in [2.45, 2.75) is 38.4 Å². The zero-order chi connectivity index (χ0) is 20.5. The topological polar surface area (TPSA) is 66.9 Å². The van der Waals surface area contributed by atoms with Crippen LogP contribution in [0.4, 0.5) is 18.9 Å². The van der Waals surface area contributed by atoms with Crippen LogP contribution in [-0.4, -0.2) is 48.4 Å². The van der Waals surface area contributed by atoms with Crippen molar-refractivity contribution in [2.75, 3.05) is 24.6 Å². The van der Waals surface area contributed by atoms with E-state index in [-0.39, 0.29) is 25.5 Å². The molecule has 0 bridgehead atoms. The van der Waals surface area contributed by atoms with Crippen molar-refractivity contribution in [3.8, 4) is 0 Å². The first-order valence-electron chi connectivity index (χ1n) is 9.17. The van der Waals surface area contributed by atoms with Gasteiger partial charge in [0, 0.05) is 6.54 Å². The monoisotopic (exact) mass is 398 g/mol. The molecule has 2 amide bonds. The van der Waals surface area contributed by atoms with Gasteiger partial charge < -0.3 is 4.74 Å². The molecule has 0 spiro atoms. The van der Waals surface area contributed by atoms with Crippen molar-refractivity contribution >= 4 is 23.5 Å². The number of para-hydroxylation sites is 1. The molecular formula is C19H21F3N2O4. The summed E-state index contributed by atoms with van der Waals surface area (Å²) in [5.74, 6) is -2.13. The molecule has 0 N–H and O–H groups in total. The summed E-state index contributed by atoms with van der Waals surface area (Å²) in [5, 5.41) is 0. The third-order valence-corrected chi connectivity index (χ3v) is 5.09. The van der Waals surface area contributed by atoms with E-state index in [9.17, 15) is 27.6 Å². The highest BCUT2D eigenvalue weighted by atomic mass is 19.4. The average Bonchev–Trinajstić information content (AvgIpc) is 2.95. The van der Waals surface area contributed by atoms with Crippen molar-refractivity contribution in [2.24, 2.45) is 5.92 Å². The Bertz CT molecular complexity index is 781. The number of nitrogens with zero attached hydrogens (tertiary/aromatic N) is 2. The van der Waals surface area contributed by atoms with Crippen LogP contribution in [0.2, 0.25) is 0 Å². The molecule has 28 heavy (non-hydrogen) atoms. The van der Waals surface area contributed by atoms with Gasteiger partial charge in [-0.05, 0) is 38.4 Å². The van der Waals surface area contributed by atoms with Crippen molar-refractivity contribution in [1.82, 2.24) is 4.90 Å². The van der Waals surface area contributed by atoms with E-state index in [0.717, 1.165) is 12.1 Å². The minimum Gasteiger partial charge on any atom is -0.466 e. The van der Waals surface area contributed by atoms with E-state index in [1.165, 1.54) is 12.1 Å². The molecule has 0 radical (unpaired) electrons. The Morgan fingerprint density at radius 1 is 1.25 bits per heavy atom. The number of likely N-dealkylation sites (tertiary alicyclic amines) is 1. The van der Waals surface area contributed by atoms with E-state index in [2.05, 4.69) is 0 Å². The van der Waals surface area contributed by atoms with Gasteiger partial charge in [-0.3, -0.25) is 19.3 Å². The van der Waals surface area contributed by atoms with Gasteiger partial charge in [0.05, 0.1) is 36.2 Å². The predicted octanol–water partition coefficient (Wildman–Crippen LogP) is 2.61. The van der Waals surface area contributed by atoms with Gasteiger partial charge in [0.2, 0.25) is 5.91 Å². The summed E-state index contributed by atoms with van der Waals surface area (Å²) >= 11 is 0. The van der Waals surface area contributed by atoms with E-state index >= 15 is 0 Å². The fourth-order valence-corrected chi connectivity index (χ4v) is 3.80. The summed E-state index contributed by atoms with van der Waals surface area (Å²) in [5.41, 5.74) is -1.48. The molecule has 0 unspecified atom stereocenters. The van der Waals surface area contributed by atoms with E-state index < -0.39 is 41.2 Å². The summed E-state index contributed by atoms with van der Waals surface area (Å²) in [6, 6.07) is 3.67. The summed E-state index contributed by atoms with van der Waals surface area (Å²) in [4.78, 5) is 39.7. The number of carbonyl (C=O) groups excluding carboxylic acids is 3. The highest BCUT2D eigenvalue weighted by Crippen LogP contribution is 2.39. The minimum atomic E-state index is -4.69. The Morgan fingerprint density at radius 3 is 2.64 bits per heavy atom. The molecule has 2 saturated heterocycles. The lowest BCUT2D eigenvalue weighted by Gasteiger charge is -2.34. The number of hydrogen-bond acceptors (Lipinski definition) is 5. The van der Waals surface area contributed by atoms with E-state index in [0.29, 0.717) is 24.3 Å². The fourth-order valence-electron chi connectivity index (χ4n) is 3.80. The zero-order valence-electron chi connectivity index (χ0n) is 15.4. The molecule has 2 aliphatic rings. The third kappa shape index (κ3) is 3.89. The molecule has 0 aromatic heterocycles. The Morgan fingerprint density at radius 2 is 1.96 bits per heavy atom. The van der Waals surface area contributed by atoms with Crippen LogP contribution in [0.5, 0.6) is 0 Å². The number of anilines is 1. The Balaban J connectivity index is 1.82. The number of amides is 2. The first-order valence-corrected chi connectivity index (χ1v) is 9.17. The van der Waals surface area contributed by atoms with Gasteiger partial charge in [0.25, 0.3) is 5.91 Å². The maximum atomic E-state index is 13.3. The number of carbonyl (C=O) groups is 3. The number of alkyl halides is 3. The SMILES string of the molecule is CCOC(=O)[C@H]1CCCN([C@@H]2CC(=O)N(c3ccccc3C(F)(F)F)C2=O)C1. The molecule has 9 heteroatoms. The van der Waals surface area contributed by atoms with Gasteiger partial charge in [-0.2, -0.15) is 13.2 Å². The standard InChI is InChI=1S/C19H21F3N2O4/c1-2-28-18(27)12-6-5-9-23(11-12)15-10-16(25)24(17(15)26)14-8-4-3-7-13(14)19(20,21)22/h3-4,7-8,12,15H,2,5-6,9-11H2,1H3/t12-,15+/m0/s1. The number of hydrogen-bond donors (Lipinski definition) is 0. The Labute approximate surface area is 160 Å². The average molecular weight is 398 g/mol. The zero-order valence-corrected chi connectivity index (χ0v) is 15.4. The fraction of sp³-hybridized carbons (Fsp3) is 0.526. The maximum Gasteiger partial charge on any atom is 0.418 e. The number of piperidine rings is 1. The lowest BCUT2D eigenvalue weighted by molar-refractivity contribution is -0.150. The van der Waals surface area contributed by atoms with Gasteiger partial charge in [0.1, 0.15) is 0 Å². The molecule has 152 valence electrons. The summed E-state index contributed by atoms with van der Waals surface area (Å²) in [6.45, 7) is 2.69. The van der Waals surface area contributed by atoms with Crippen molar-refractivity contribution in [3.63, 3.8) is 0 Å².